The molecule has 9 nitrogen and oxygen atoms in total. The van der Waals surface area contributed by atoms with Crippen molar-refractivity contribution in [2.45, 2.75) is 12.2 Å². The van der Waals surface area contributed by atoms with E-state index in [1.807, 2.05) is 0 Å². The number of halogens is 4. The molecule has 1 atom stereocenters. The molecule has 190 valence electrons. The monoisotopic (exact) mass is 514 g/mol. The second-order valence-electron chi connectivity index (χ2n) is 8.40. The van der Waals surface area contributed by atoms with E-state index in [1.54, 1.807) is 4.90 Å². The highest BCUT2D eigenvalue weighted by molar-refractivity contribution is 6.08. The molecular formula is C24H18F4N6O3. The maximum absolute atomic E-state index is 13.4. The summed E-state index contributed by atoms with van der Waals surface area (Å²) in [6.07, 6.45) is -2.45. The second kappa shape index (κ2) is 9.15. The van der Waals surface area contributed by atoms with E-state index in [4.69, 9.17) is 0 Å². The summed E-state index contributed by atoms with van der Waals surface area (Å²) < 4.78 is 53.2. The molecule has 0 bridgehead atoms. The van der Waals surface area contributed by atoms with E-state index in [-0.39, 0.29) is 36.7 Å². The summed E-state index contributed by atoms with van der Waals surface area (Å²) in [4.78, 5) is 49.4. The van der Waals surface area contributed by atoms with Crippen LogP contribution in [-0.4, -0.2) is 58.3 Å². The minimum atomic E-state index is -4.70. The minimum Gasteiger partial charge on any atom is -0.339 e. The van der Waals surface area contributed by atoms with Gasteiger partial charge >= 0.3 is 6.18 Å². The smallest absolute Gasteiger partial charge is 0.339 e. The number of alkyl halides is 3. The quantitative estimate of drug-likeness (QED) is 0.520. The van der Waals surface area contributed by atoms with E-state index in [9.17, 15) is 31.9 Å². The molecule has 2 aliphatic rings. The van der Waals surface area contributed by atoms with Gasteiger partial charge in [0, 0.05) is 19.3 Å². The van der Waals surface area contributed by atoms with Gasteiger partial charge in [0.15, 0.2) is 5.82 Å². The average Bonchev–Trinajstić information content (AvgIpc) is 2.88. The number of carbonyl (C=O) groups excluding carboxylic acids is 3. The van der Waals surface area contributed by atoms with Gasteiger partial charge in [-0.2, -0.15) is 13.2 Å². The molecule has 0 saturated carbocycles. The Morgan fingerprint density at radius 2 is 1.84 bits per heavy atom. The van der Waals surface area contributed by atoms with Crippen LogP contribution in [0.15, 0.2) is 54.9 Å². The number of fused-ring (bicyclic) bond motifs is 3. The van der Waals surface area contributed by atoms with E-state index < -0.39 is 46.9 Å². The van der Waals surface area contributed by atoms with Crippen molar-refractivity contribution >= 4 is 35.0 Å². The molecule has 2 aromatic heterocycles. The van der Waals surface area contributed by atoms with Crippen LogP contribution in [0.5, 0.6) is 0 Å². The van der Waals surface area contributed by atoms with Gasteiger partial charge in [0.25, 0.3) is 11.8 Å². The van der Waals surface area contributed by atoms with Gasteiger partial charge in [-0.3, -0.25) is 14.4 Å². The lowest BCUT2D eigenvalue weighted by molar-refractivity contribution is -0.138. The molecule has 0 aliphatic carbocycles. The Morgan fingerprint density at radius 1 is 1.05 bits per heavy atom. The Balaban J connectivity index is 1.34. The highest BCUT2D eigenvalue weighted by Crippen LogP contribution is 2.35. The Morgan fingerprint density at radius 3 is 2.57 bits per heavy atom. The Labute approximate surface area is 207 Å². The van der Waals surface area contributed by atoms with E-state index in [0.717, 1.165) is 24.4 Å². The van der Waals surface area contributed by atoms with Crippen LogP contribution in [0.1, 0.15) is 26.3 Å². The molecule has 1 unspecified atom stereocenters. The second-order valence-corrected chi connectivity index (χ2v) is 8.40. The Bertz CT molecular complexity index is 1400. The lowest BCUT2D eigenvalue weighted by atomic mass is 10.0. The number of benzene rings is 1. The molecule has 1 fully saturated rings. The molecule has 37 heavy (non-hydrogen) atoms. The SMILES string of the molecule is O=C(Nc1ccc(F)cn1)c1cnc2c(c1)NC(=O)C1CN(C(=O)c3ccccc3C(F)(F)F)CCN21. The lowest BCUT2D eigenvalue weighted by Crippen LogP contribution is -2.61. The predicted octanol–water partition coefficient (Wildman–Crippen LogP) is 3.17. The fraction of sp³-hybridized carbons (Fsp3) is 0.208. The molecule has 2 aliphatic heterocycles. The summed E-state index contributed by atoms with van der Waals surface area (Å²) in [5, 5.41) is 5.16. The lowest BCUT2D eigenvalue weighted by Gasteiger charge is -2.44. The first-order valence-corrected chi connectivity index (χ1v) is 11.1. The fourth-order valence-corrected chi connectivity index (χ4v) is 4.29. The number of carbonyl (C=O) groups is 3. The molecule has 13 heteroatoms. The molecular weight excluding hydrogens is 496 g/mol. The molecule has 5 rings (SSSR count). The number of amides is 3. The van der Waals surface area contributed by atoms with Crippen molar-refractivity contribution < 1.29 is 31.9 Å². The average molecular weight is 514 g/mol. The minimum absolute atomic E-state index is 0.0639. The van der Waals surface area contributed by atoms with Gasteiger partial charge in [-0.15, -0.1) is 0 Å². The molecule has 4 heterocycles. The zero-order valence-electron chi connectivity index (χ0n) is 18.9. The van der Waals surface area contributed by atoms with Crippen molar-refractivity contribution in [2.24, 2.45) is 0 Å². The first-order chi connectivity index (χ1) is 17.6. The third-order valence-corrected chi connectivity index (χ3v) is 6.06. The number of hydrogen-bond donors (Lipinski definition) is 2. The van der Waals surface area contributed by atoms with Crippen LogP contribution >= 0.6 is 0 Å². The summed E-state index contributed by atoms with van der Waals surface area (Å²) in [6.45, 7) is 0.0634. The van der Waals surface area contributed by atoms with Crippen molar-refractivity contribution in [3.8, 4) is 0 Å². The summed E-state index contributed by atoms with van der Waals surface area (Å²) in [5.74, 6) is -1.96. The molecule has 1 aromatic carbocycles. The third-order valence-electron chi connectivity index (χ3n) is 6.06. The van der Waals surface area contributed by atoms with E-state index in [1.165, 1.54) is 35.4 Å². The standard InChI is InChI=1S/C24H18F4N6O3/c25-14-5-6-19(29-11-14)32-21(35)13-9-17-20(30-10-13)34-8-7-33(12-18(34)22(36)31-17)23(37)15-3-1-2-4-16(15)24(26,27)28/h1-6,9-11,18H,7-8,12H2,(H,31,36)(H,29,32,35). The van der Waals surface area contributed by atoms with E-state index in [2.05, 4.69) is 20.6 Å². The Hall–Kier alpha value is -4.55. The van der Waals surface area contributed by atoms with Crippen molar-refractivity contribution in [1.82, 2.24) is 14.9 Å². The zero-order valence-corrected chi connectivity index (χ0v) is 18.9. The number of pyridine rings is 2. The van der Waals surface area contributed by atoms with E-state index in [0.29, 0.717) is 5.82 Å². The molecule has 1 saturated heterocycles. The van der Waals surface area contributed by atoms with Crippen LogP contribution < -0.4 is 15.5 Å². The first-order valence-electron chi connectivity index (χ1n) is 11.1. The maximum atomic E-state index is 13.4. The largest absolute Gasteiger partial charge is 0.417 e. The number of hydrogen-bond acceptors (Lipinski definition) is 6. The highest BCUT2D eigenvalue weighted by Gasteiger charge is 2.42. The van der Waals surface area contributed by atoms with Crippen LogP contribution in [-0.2, 0) is 11.0 Å². The molecule has 2 N–H and O–H groups in total. The van der Waals surface area contributed by atoms with Gasteiger partial charge in [0.1, 0.15) is 17.7 Å². The number of nitrogens with zero attached hydrogens (tertiary/aromatic N) is 4. The number of piperazine rings is 1. The van der Waals surface area contributed by atoms with Crippen LogP contribution in [0.3, 0.4) is 0 Å². The van der Waals surface area contributed by atoms with E-state index >= 15 is 0 Å². The van der Waals surface area contributed by atoms with Crippen molar-refractivity contribution in [3.63, 3.8) is 0 Å². The van der Waals surface area contributed by atoms with Crippen molar-refractivity contribution in [2.75, 3.05) is 35.2 Å². The van der Waals surface area contributed by atoms with Gasteiger partial charge in [0.05, 0.1) is 35.1 Å². The van der Waals surface area contributed by atoms with Crippen molar-refractivity contribution in [1.29, 1.82) is 0 Å². The third kappa shape index (κ3) is 4.67. The highest BCUT2D eigenvalue weighted by atomic mass is 19.4. The Kier molecular flexibility index (Phi) is 5.97. The molecule has 3 amide bonds. The summed E-state index contributed by atoms with van der Waals surface area (Å²) in [7, 11) is 0. The number of anilines is 3. The molecule has 3 aromatic rings. The van der Waals surface area contributed by atoms with Gasteiger partial charge < -0.3 is 20.4 Å². The van der Waals surface area contributed by atoms with Gasteiger partial charge in [0.2, 0.25) is 5.91 Å². The summed E-state index contributed by atoms with van der Waals surface area (Å²) in [5.41, 5.74) is -1.14. The maximum Gasteiger partial charge on any atom is 0.417 e. The van der Waals surface area contributed by atoms with Crippen LogP contribution in [0, 0.1) is 5.82 Å². The van der Waals surface area contributed by atoms with Gasteiger partial charge in [-0.05, 0) is 30.3 Å². The van der Waals surface area contributed by atoms with Crippen molar-refractivity contribution in [3.05, 3.63) is 77.4 Å². The number of nitrogens with one attached hydrogen (secondary N) is 2. The summed E-state index contributed by atoms with van der Waals surface area (Å²) >= 11 is 0. The number of aromatic nitrogens is 2. The van der Waals surface area contributed by atoms with Gasteiger partial charge in [-0.25, -0.2) is 14.4 Å². The van der Waals surface area contributed by atoms with Gasteiger partial charge in [-0.1, -0.05) is 12.1 Å². The predicted molar refractivity (Wildman–Crippen MR) is 123 cm³/mol. The normalized spacial score (nSPS) is 17.0. The molecule has 0 spiro atoms. The summed E-state index contributed by atoms with van der Waals surface area (Å²) in [6, 6.07) is 7.50. The first kappa shape index (κ1) is 24.2. The van der Waals surface area contributed by atoms with Crippen LogP contribution in [0.25, 0.3) is 0 Å². The number of rotatable bonds is 3. The van der Waals surface area contributed by atoms with Crippen LogP contribution in [0.2, 0.25) is 0 Å². The molecule has 0 radical (unpaired) electrons. The van der Waals surface area contributed by atoms with Crippen LogP contribution in [0.4, 0.5) is 34.9 Å². The zero-order chi connectivity index (χ0) is 26.3. The topological polar surface area (TPSA) is 108 Å². The fourth-order valence-electron chi connectivity index (χ4n) is 4.29.